The third kappa shape index (κ3) is 1.84. The summed E-state index contributed by atoms with van der Waals surface area (Å²) in [5.74, 6) is 0. The zero-order valence-electron chi connectivity index (χ0n) is 9.39. The van der Waals surface area contributed by atoms with Crippen LogP contribution in [0.3, 0.4) is 0 Å². The van der Waals surface area contributed by atoms with E-state index in [2.05, 4.69) is 23.6 Å². The molecule has 0 fully saturated rings. The number of fused-ring (bicyclic) bond motifs is 1. The summed E-state index contributed by atoms with van der Waals surface area (Å²) in [6.45, 7) is 0. The standard InChI is InChI=1S/C15H9ClOS/c16-14-8-10(9-17)4-5-12(14)13-3-1-2-11-6-7-18-15(11)13/h1-9H. The lowest BCUT2D eigenvalue weighted by Gasteiger charge is -2.06. The fraction of sp³-hybridized carbons (Fsp3) is 0. The van der Waals surface area contributed by atoms with Crippen LogP contribution < -0.4 is 0 Å². The highest BCUT2D eigenvalue weighted by Crippen LogP contribution is 2.36. The number of benzene rings is 2. The number of carbonyl (C=O) groups is 1. The lowest BCUT2D eigenvalue weighted by Crippen LogP contribution is -1.84. The van der Waals surface area contributed by atoms with Gasteiger partial charge in [0.1, 0.15) is 6.29 Å². The van der Waals surface area contributed by atoms with Gasteiger partial charge >= 0.3 is 0 Å². The lowest BCUT2D eigenvalue weighted by molar-refractivity contribution is 0.112. The van der Waals surface area contributed by atoms with Crippen LogP contribution in [-0.4, -0.2) is 6.29 Å². The monoisotopic (exact) mass is 272 g/mol. The first kappa shape index (κ1) is 11.5. The van der Waals surface area contributed by atoms with Crippen LogP contribution in [0.2, 0.25) is 5.02 Å². The molecule has 0 N–H and O–H groups in total. The van der Waals surface area contributed by atoms with E-state index in [0.29, 0.717) is 10.6 Å². The molecule has 1 nitrogen and oxygen atoms in total. The van der Waals surface area contributed by atoms with Crippen LogP contribution in [0.1, 0.15) is 10.4 Å². The first-order chi connectivity index (χ1) is 8.79. The summed E-state index contributed by atoms with van der Waals surface area (Å²) in [5.41, 5.74) is 2.68. The average Bonchev–Trinajstić information content (AvgIpc) is 2.87. The van der Waals surface area contributed by atoms with Gasteiger partial charge in [0.05, 0.1) is 0 Å². The van der Waals surface area contributed by atoms with Gasteiger partial charge in [0.25, 0.3) is 0 Å². The Hall–Kier alpha value is -1.64. The Bertz CT molecular complexity index is 730. The molecule has 0 saturated heterocycles. The second-order valence-electron chi connectivity index (χ2n) is 4.00. The van der Waals surface area contributed by atoms with Crippen molar-refractivity contribution >= 4 is 39.3 Å². The summed E-state index contributed by atoms with van der Waals surface area (Å²) in [5, 5.41) is 3.90. The fourth-order valence-electron chi connectivity index (χ4n) is 2.03. The summed E-state index contributed by atoms with van der Waals surface area (Å²) >= 11 is 7.96. The minimum atomic E-state index is 0.599. The van der Waals surface area contributed by atoms with E-state index in [9.17, 15) is 4.79 Å². The Labute approximate surface area is 114 Å². The number of rotatable bonds is 2. The second kappa shape index (κ2) is 4.56. The number of hydrogen-bond acceptors (Lipinski definition) is 2. The van der Waals surface area contributed by atoms with Gasteiger partial charge in [0.2, 0.25) is 0 Å². The topological polar surface area (TPSA) is 17.1 Å². The van der Waals surface area contributed by atoms with Gasteiger partial charge < -0.3 is 0 Å². The molecule has 0 atom stereocenters. The minimum Gasteiger partial charge on any atom is -0.298 e. The number of halogens is 1. The van der Waals surface area contributed by atoms with Crippen molar-refractivity contribution in [3.8, 4) is 11.1 Å². The smallest absolute Gasteiger partial charge is 0.150 e. The molecule has 88 valence electrons. The van der Waals surface area contributed by atoms with Crippen molar-refractivity contribution in [1.82, 2.24) is 0 Å². The van der Waals surface area contributed by atoms with Crippen molar-refractivity contribution in [2.45, 2.75) is 0 Å². The highest BCUT2D eigenvalue weighted by Gasteiger charge is 2.08. The van der Waals surface area contributed by atoms with E-state index in [4.69, 9.17) is 11.6 Å². The molecule has 0 saturated carbocycles. The van der Waals surface area contributed by atoms with Crippen LogP contribution >= 0.6 is 22.9 Å². The van der Waals surface area contributed by atoms with Gasteiger partial charge in [0.15, 0.2) is 0 Å². The highest BCUT2D eigenvalue weighted by atomic mass is 35.5. The molecule has 3 aromatic rings. The minimum absolute atomic E-state index is 0.599. The SMILES string of the molecule is O=Cc1ccc(-c2cccc3ccsc23)c(Cl)c1. The van der Waals surface area contributed by atoms with Crippen LogP contribution in [0, 0.1) is 0 Å². The molecular weight excluding hydrogens is 264 g/mol. The molecule has 1 aromatic heterocycles. The van der Waals surface area contributed by atoms with Gasteiger partial charge in [-0.15, -0.1) is 11.3 Å². The molecule has 0 aliphatic rings. The summed E-state index contributed by atoms with van der Waals surface area (Å²) in [7, 11) is 0. The molecule has 0 spiro atoms. The van der Waals surface area contributed by atoms with Crippen LogP contribution in [0.5, 0.6) is 0 Å². The number of hydrogen-bond donors (Lipinski definition) is 0. The van der Waals surface area contributed by atoms with Crippen molar-refractivity contribution < 1.29 is 4.79 Å². The van der Waals surface area contributed by atoms with Gasteiger partial charge in [-0.1, -0.05) is 41.9 Å². The molecule has 0 aliphatic carbocycles. The van der Waals surface area contributed by atoms with Gasteiger partial charge in [-0.25, -0.2) is 0 Å². The van der Waals surface area contributed by atoms with Gasteiger partial charge in [-0.05, 0) is 22.9 Å². The zero-order valence-corrected chi connectivity index (χ0v) is 11.0. The number of thiophene rings is 1. The first-order valence-electron chi connectivity index (χ1n) is 5.51. The highest BCUT2D eigenvalue weighted by molar-refractivity contribution is 7.17. The van der Waals surface area contributed by atoms with E-state index in [-0.39, 0.29) is 0 Å². The summed E-state index contributed by atoms with van der Waals surface area (Å²) < 4.78 is 1.22. The molecule has 3 heteroatoms. The molecule has 1 heterocycles. The first-order valence-corrected chi connectivity index (χ1v) is 6.76. The van der Waals surface area contributed by atoms with E-state index in [0.717, 1.165) is 17.4 Å². The van der Waals surface area contributed by atoms with Crippen molar-refractivity contribution in [1.29, 1.82) is 0 Å². The fourth-order valence-corrected chi connectivity index (χ4v) is 3.25. The molecule has 0 unspecified atom stereocenters. The molecule has 0 aliphatic heterocycles. The quantitative estimate of drug-likeness (QED) is 0.598. The average molecular weight is 273 g/mol. The number of aldehydes is 1. The normalized spacial score (nSPS) is 10.7. The molecular formula is C15H9ClOS. The number of carbonyl (C=O) groups excluding carboxylic acids is 1. The maximum absolute atomic E-state index is 10.7. The molecule has 2 aromatic carbocycles. The lowest BCUT2D eigenvalue weighted by atomic mass is 10.0. The molecule has 18 heavy (non-hydrogen) atoms. The van der Waals surface area contributed by atoms with Crippen LogP contribution in [-0.2, 0) is 0 Å². The predicted molar refractivity (Wildman–Crippen MR) is 77.7 cm³/mol. The summed E-state index contributed by atoms with van der Waals surface area (Å²) in [6.07, 6.45) is 0.807. The van der Waals surface area contributed by atoms with Crippen LogP contribution in [0.4, 0.5) is 0 Å². The van der Waals surface area contributed by atoms with E-state index in [1.165, 1.54) is 10.1 Å². The largest absolute Gasteiger partial charge is 0.298 e. The van der Waals surface area contributed by atoms with E-state index in [1.807, 2.05) is 12.1 Å². The zero-order chi connectivity index (χ0) is 12.5. The second-order valence-corrected chi connectivity index (χ2v) is 5.32. The summed E-state index contributed by atoms with van der Waals surface area (Å²) in [4.78, 5) is 10.7. The van der Waals surface area contributed by atoms with Crippen LogP contribution in [0.15, 0.2) is 47.8 Å². The third-order valence-corrected chi connectivity index (χ3v) is 4.17. The van der Waals surface area contributed by atoms with Gasteiger partial charge in [-0.3, -0.25) is 4.79 Å². The molecule has 0 amide bonds. The van der Waals surface area contributed by atoms with Gasteiger partial charge in [-0.2, -0.15) is 0 Å². The maximum Gasteiger partial charge on any atom is 0.150 e. The van der Waals surface area contributed by atoms with E-state index < -0.39 is 0 Å². The Kier molecular flexibility index (Phi) is 2.90. The van der Waals surface area contributed by atoms with Crippen molar-refractivity contribution in [3.63, 3.8) is 0 Å². The maximum atomic E-state index is 10.7. The van der Waals surface area contributed by atoms with Gasteiger partial charge in [0, 0.05) is 26.4 Å². The summed E-state index contributed by atoms with van der Waals surface area (Å²) in [6, 6.07) is 13.7. The van der Waals surface area contributed by atoms with E-state index in [1.54, 1.807) is 23.5 Å². The molecule has 0 bridgehead atoms. The Morgan fingerprint density at radius 3 is 2.72 bits per heavy atom. The van der Waals surface area contributed by atoms with E-state index >= 15 is 0 Å². The Morgan fingerprint density at radius 1 is 1.06 bits per heavy atom. The molecule has 3 rings (SSSR count). The third-order valence-electron chi connectivity index (χ3n) is 2.90. The molecule has 0 radical (unpaired) electrons. The van der Waals surface area contributed by atoms with Crippen LogP contribution in [0.25, 0.3) is 21.2 Å². The predicted octanol–water partition coefficient (Wildman–Crippen LogP) is 5.03. The Morgan fingerprint density at radius 2 is 1.94 bits per heavy atom. The van der Waals surface area contributed by atoms with Crippen molar-refractivity contribution in [2.75, 3.05) is 0 Å². The van der Waals surface area contributed by atoms with Crippen molar-refractivity contribution in [2.24, 2.45) is 0 Å². The van der Waals surface area contributed by atoms with Crippen molar-refractivity contribution in [3.05, 3.63) is 58.4 Å². The Balaban J connectivity index is 2.26.